The van der Waals surface area contributed by atoms with E-state index >= 15 is 0 Å². The van der Waals surface area contributed by atoms with E-state index in [0.717, 1.165) is 10.9 Å². The Morgan fingerprint density at radius 2 is 1.81 bits per heavy atom. The summed E-state index contributed by atoms with van der Waals surface area (Å²) in [5.74, 6) is -0.673. The average molecular weight is 418 g/mol. The quantitative estimate of drug-likeness (QED) is 0.533. The fraction of sp³-hybridized carbons (Fsp3) is 0.250. The van der Waals surface area contributed by atoms with E-state index in [1.165, 1.54) is 0 Å². The lowest BCUT2D eigenvalue weighted by Gasteiger charge is -2.16. The number of hydrogen-bond donors (Lipinski definition) is 0. The highest BCUT2D eigenvalue weighted by molar-refractivity contribution is 5.98. The van der Waals surface area contributed by atoms with Crippen molar-refractivity contribution in [2.24, 2.45) is 0 Å². The molecule has 0 fully saturated rings. The Balaban J connectivity index is 1.78. The number of carbonyl (C=O) groups is 2. The third kappa shape index (κ3) is 4.98. The number of hydrogen-bond acceptors (Lipinski definition) is 7. The number of esters is 2. The van der Waals surface area contributed by atoms with Gasteiger partial charge in [-0.1, -0.05) is 18.2 Å². The molecule has 1 unspecified atom stereocenters. The van der Waals surface area contributed by atoms with Crippen molar-refractivity contribution >= 4 is 22.8 Å². The highest BCUT2D eigenvalue weighted by Gasteiger charge is 2.23. The number of para-hydroxylation sites is 1. The van der Waals surface area contributed by atoms with E-state index in [-0.39, 0.29) is 13.2 Å². The highest BCUT2D eigenvalue weighted by Crippen LogP contribution is 2.24. The number of fused-ring (bicyclic) bond motifs is 1. The van der Waals surface area contributed by atoms with Crippen LogP contribution in [0.25, 0.3) is 10.9 Å². The van der Waals surface area contributed by atoms with Crippen molar-refractivity contribution in [2.75, 3.05) is 6.61 Å². The Hall–Kier alpha value is -3.92. The van der Waals surface area contributed by atoms with Gasteiger partial charge in [0, 0.05) is 5.39 Å². The molecule has 31 heavy (non-hydrogen) atoms. The minimum atomic E-state index is -0.888. The van der Waals surface area contributed by atoms with Crippen molar-refractivity contribution in [3.63, 3.8) is 0 Å². The van der Waals surface area contributed by atoms with Crippen LogP contribution in [0.1, 0.15) is 41.0 Å². The van der Waals surface area contributed by atoms with E-state index in [1.807, 2.05) is 37.3 Å². The van der Waals surface area contributed by atoms with Gasteiger partial charge in [-0.2, -0.15) is 5.26 Å². The van der Waals surface area contributed by atoms with Crippen molar-refractivity contribution in [2.45, 2.75) is 33.5 Å². The second-order valence-corrected chi connectivity index (χ2v) is 6.80. The molecule has 7 heteroatoms. The van der Waals surface area contributed by atoms with Crippen molar-refractivity contribution in [3.05, 3.63) is 70.9 Å². The first-order chi connectivity index (χ1) is 14.9. The van der Waals surface area contributed by atoms with Gasteiger partial charge in [-0.3, -0.25) is 0 Å². The fourth-order valence-corrected chi connectivity index (χ4v) is 3.14. The van der Waals surface area contributed by atoms with E-state index < -0.39 is 18.0 Å². The lowest BCUT2D eigenvalue weighted by atomic mass is 10.0. The molecule has 3 aromatic rings. The molecule has 0 aliphatic carbocycles. The minimum absolute atomic E-state index is 0.195. The van der Waals surface area contributed by atoms with Gasteiger partial charge in [0.15, 0.2) is 6.10 Å². The number of aromatic nitrogens is 1. The number of aryl methyl sites for hydroxylation is 1. The minimum Gasteiger partial charge on any atom is -0.479 e. The van der Waals surface area contributed by atoms with Gasteiger partial charge in [0.25, 0.3) is 0 Å². The summed E-state index contributed by atoms with van der Waals surface area (Å²) in [4.78, 5) is 29.5. The maximum absolute atomic E-state index is 12.6. The van der Waals surface area contributed by atoms with Gasteiger partial charge < -0.3 is 14.2 Å². The summed E-state index contributed by atoms with van der Waals surface area (Å²) in [6.07, 6.45) is -0.888. The molecule has 0 radical (unpaired) electrons. The molecule has 0 amide bonds. The molecular weight excluding hydrogens is 396 g/mol. The second-order valence-electron chi connectivity index (χ2n) is 6.80. The van der Waals surface area contributed by atoms with Crippen LogP contribution in [-0.2, 0) is 20.9 Å². The average Bonchev–Trinajstić information content (AvgIpc) is 2.78. The third-order valence-corrected chi connectivity index (χ3v) is 4.69. The SMILES string of the molecule is CCOC(=O)c1c(COC(=O)C(C)Oc2ccc(C#N)cc2)nc2ccccc2c1C. The molecule has 0 bridgehead atoms. The van der Waals surface area contributed by atoms with Gasteiger partial charge in [-0.15, -0.1) is 0 Å². The maximum atomic E-state index is 12.6. The molecule has 0 saturated heterocycles. The summed E-state index contributed by atoms with van der Waals surface area (Å²) in [6, 6.07) is 15.9. The van der Waals surface area contributed by atoms with Crippen molar-refractivity contribution in [3.8, 4) is 11.8 Å². The smallest absolute Gasteiger partial charge is 0.347 e. The Bertz CT molecular complexity index is 1150. The van der Waals surface area contributed by atoms with Crippen molar-refractivity contribution in [1.82, 2.24) is 4.98 Å². The number of carbonyl (C=O) groups excluding carboxylic acids is 2. The molecule has 7 nitrogen and oxygen atoms in total. The lowest BCUT2D eigenvalue weighted by Crippen LogP contribution is -2.26. The summed E-state index contributed by atoms with van der Waals surface area (Å²) in [6.45, 7) is 5.13. The van der Waals surface area contributed by atoms with Gasteiger partial charge >= 0.3 is 11.9 Å². The van der Waals surface area contributed by atoms with E-state index in [0.29, 0.717) is 28.1 Å². The Kier molecular flexibility index (Phi) is 6.83. The van der Waals surface area contributed by atoms with E-state index in [2.05, 4.69) is 4.98 Å². The maximum Gasteiger partial charge on any atom is 0.347 e. The zero-order valence-corrected chi connectivity index (χ0v) is 17.5. The number of rotatable bonds is 7. The van der Waals surface area contributed by atoms with Crippen LogP contribution in [0.2, 0.25) is 0 Å². The van der Waals surface area contributed by atoms with Crippen LogP contribution < -0.4 is 4.74 Å². The molecule has 0 saturated carbocycles. The van der Waals surface area contributed by atoms with E-state index in [4.69, 9.17) is 19.5 Å². The molecule has 1 aromatic heterocycles. The largest absolute Gasteiger partial charge is 0.479 e. The standard InChI is InChI=1S/C24H22N2O5/c1-4-29-24(28)22-15(2)19-7-5-6-8-20(19)26-21(22)14-30-23(27)16(3)31-18-11-9-17(13-25)10-12-18/h5-12,16H,4,14H2,1-3H3. The first kappa shape index (κ1) is 21.8. The molecule has 0 aliphatic rings. The zero-order chi connectivity index (χ0) is 22.4. The van der Waals surface area contributed by atoms with Crippen molar-refractivity contribution < 1.29 is 23.8 Å². The molecule has 1 heterocycles. The van der Waals surface area contributed by atoms with E-state index in [1.54, 1.807) is 38.1 Å². The molecule has 0 N–H and O–H groups in total. The van der Waals surface area contributed by atoms with Crippen LogP contribution in [0.5, 0.6) is 5.75 Å². The summed E-state index contributed by atoms with van der Waals surface area (Å²) in [7, 11) is 0. The van der Waals surface area contributed by atoms with E-state index in [9.17, 15) is 9.59 Å². The van der Waals surface area contributed by atoms with Crippen LogP contribution in [0.4, 0.5) is 0 Å². The number of nitrogens with zero attached hydrogens (tertiary/aromatic N) is 2. The Labute approximate surface area is 180 Å². The third-order valence-electron chi connectivity index (χ3n) is 4.69. The summed E-state index contributed by atoms with van der Waals surface area (Å²) in [5, 5.41) is 9.69. The van der Waals surface area contributed by atoms with Crippen LogP contribution in [0.15, 0.2) is 48.5 Å². The Morgan fingerprint density at radius 1 is 1.10 bits per heavy atom. The molecule has 2 aromatic carbocycles. The number of benzene rings is 2. The molecule has 0 spiro atoms. The predicted molar refractivity (Wildman–Crippen MR) is 113 cm³/mol. The first-order valence-corrected chi connectivity index (χ1v) is 9.83. The first-order valence-electron chi connectivity index (χ1n) is 9.83. The van der Waals surface area contributed by atoms with Crippen LogP contribution in [0, 0.1) is 18.3 Å². The van der Waals surface area contributed by atoms with Gasteiger partial charge in [0.2, 0.25) is 0 Å². The molecule has 3 rings (SSSR count). The predicted octanol–water partition coefficient (Wildman–Crippen LogP) is 4.10. The number of pyridine rings is 1. The number of ether oxygens (including phenoxy) is 3. The molecular formula is C24H22N2O5. The molecule has 0 aliphatic heterocycles. The molecule has 1 atom stereocenters. The second kappa shape index (κ2) is 9.72. The fourth-order valence-electron chi connectivity index (χ4n) is 3.14. The summed E-state index contributed by atoms with van der Waals surface area (Å²) >= 11 is 0. The highest BCUT2D eigenvalue weighted by atomic mass is 16.6. The van der Waals surface area contributed by atoms with Gasteiger partial charge in [-0.25, -0.2) is 14.6 Å². The van der Waals surface area contributed by atoms with Crippen LogP contribution in [-0.4, -0.2) is 29.6 Å². The Morgan fingerprint density at radius 3 is 2.48 bits per heavy atom. The van der Waals surface area contributed by atoms with Crippen LogP contribution >= 0.6 is 0 Å². The number of nitriles is 1. The van der Waals surface area contributed by atoms with Gasteiger partial charge in [0.1, 0.15) is 12.4 Å². The van der Waals surface area contributed by atoms with Gasteiger partial charge in [-0.05, 0) is 56.7 Å². The zero-order valence-electron chi connectivity index (χ0n) is 17.5. The topological polar surface area (TPSA) is 98.5 Å². The van der Waals surface area contributed by atoms with Gasteiger partial charge in [0.05, 0.1) is 35.0 Å². The summed E-state index contributed by atoms with van der Waals surface area (Å²) in [5.41, 5.74) is 2.53. The normalized spacial score (nSPS) is 11.4. The summed E-state index contributed by atoms with van der Waals surface area (Å²) < 4.78 is 16.2. The molecule has 158 valence electrons. The van der Waals surface area contributed by atoms with Crippen LogP contribution in [0.3, 0.4) is 0 Å². The monoisotopic (exact) mass is 418 g/mol. The lowest BCUT2D eigenvalue weighted by molar-refractivity contribution is -0.152. The van der Waals surface area contributed by atoms with Crippen molar-refractivity contribution in [1.29, 1.82) is 5.26 Å².